The Morgan fingerprint density at radius 2 is 1.90 bits per heavy atom. The number of hydrogen-bond acceptors (Lipinski definition) is 3. The normalized spacial score (nSPS) is 11.5. The standard InChI is InChI=1S/C15H17BrN2O2S/c1-11-4-2-3-5-12(11)8-9-18-21(19,20)13-6-7-15(17)14(16)10-13/h2-7,10,18H,8-9,17H2,1H3. The molecule has 0 aromatic heterocycles. The van der Waals surface area contributed by atoms with Gasteiger partial charge in [0.15, 0.2) is 0 Å². The molecule has 0 fully saturated rings. The first-order valence-corrected chi connectivity index (χ1v) is 8.77. The van der Waals surface area contributed by atoms with Crippen LogP contribution in [0.3, 0.4) is 0 Å². The van der Waals surface area contributed by atoms with Crippen LogP contribution in [-0.4, -0.2) is 15.0 Å². The van der Waals surface area contributed by atoms with Gasteiger partial charge >= 0.3 is 0 Å². The summed E-state index contributed by atoms with van der Waals surface area (Å²) < 4.78 is 27.6. The van der Waals surface area contributed by atoms with Crippen LogP contribution in [-0.2, 0) is 16.4 Å². The Balaban J connectivity index is 2.05. The van der Waals surface area contributed by atoms with E-state index < -0.39 is 10.0 Å². The van der Waals surface area contributed by atoms with Crippen LogP contribution in [0.15, 0.2) is 51.8 Å². The van der Waals surface area contributed by atoms with Gasteiger partial charge in [0.2, 0.25) is 10.0 Å². The highest BCUT2D eigenvalue weighted by atomic mass is 79.9. The first-order chi connectivity index (χ1) is 9.90. The van der Waals surface area contributed by atoms with Gasteiger partial charge < -0.3 is 5.73 Å². The summed E-state index contributed by atoms with van der Waals surface area (Å²) in [4.78, 5) is 0.202. The molecule has 0 atom stereocenters. The third-order valence-corrected chi connectivity index (χ3v) is 5.38. The number of rotatable bonds is 5. The number of hydrogen-bond donors (Lipinski definition) is 2. The van der Waals surface area contributed by atoms with E-state index in [1.165, 1.54) is 12.1 Å². The second-order valence-corrected chi connectivity index (χ2v) is 7.38. The molecule has 6 heteroatoms. The summed E-state index contributed by atoms with van der Waals surface area (Å²) in [5.41, 5.74) is 8.47. The molecule has 2 aromatic rings. The van der Waals surface area contributed by atoms with Crippen LogP contribution in [0.1, 0.15) is 11.1 Å². The highest BCUT2D eigenvalue weighted by Crippen LogP contribution is 2.22. The van der Waals surface area contributed by atoms with Gasteiger partial charge in [0.1, 0.15) is 0 Å². The molecule has 4 nitrogen and oxygen atoms in total. The minimum Gasteiger partial charge on any atom is -0.398 e. The molecule has 0 radical (unpaired) electrons. The first kappa shape index (κ1) is 16.0. The first-order valence-electron chi connectivity index (χ1n) is 6.49. The van der Waals surface area contributed by atoms with E-state index in [0.29, 0.717) is 23.1 Å². The fourth-order valence-electron chi connectivity index (χ4n) is 1.97. The van der Waals surface area contributed by atoms with Crippen molar-refractivity contribution in [3.8, 4) is 0 Å². The number of sulfonamides is 1. The number of anilines is 1. The van der Waals surface area contributed by atoms with E-state index in [9.17, 15) is 8.42 Å². The largest absolute Gasteiger partial charge is 0.398 e. The van der Waals surface area contributed by atoms with Gasteiger partial charge in [-0.05, 0) is 58.6 Å². The molecule has 2 rings (SSSR count). The molecule has 3 N–H and O–H groups in total. The van der Waals surface area contributed by atoms with Gasteiger partial charge in [-0.15, -0.1) is 0 Å². The van der Waals surface area contributed by atoms with E-state index in [-0.39, 0.29) is 4.90 Å². The van der Waals surface area contributed by atoms with Gasteiger partial charge in [-0.25, -0.2) is 13.1 Å². The summed E-state index contributed by atoms with van der Waals surface area (Å²) in [6, 6.07) is 12.5. The van der Waals surface area contributed by atoms with Gasteiger partial charge in [-0.1, -0.05) is 24.3 Å². The summed E-state index contributed by atoms with van der Waals surface area (Å²) in [7, 11) is -3.52. The minimum absolute atomic E-state index is 0.202. The molecule has 2 aromatic carbocycles. The lowest BCUT2D eigenvalue weighted by Crippen LogP contribution is -2.26. The number of benzene rings is 2. The van der Waals surface area contributed by atoms with Crippen LogP contribution in [0.2, 0.25) is 0 Å². The Labute approximate surface area is 133 Å². The molecular weight excluding hydrogens is 352 g/mol. The third-order valence-electron chi connectivity index (χ3n) is 3.23. The van der Waals surface area contributed by atoms with Crippen LogP contribution < -0.4 is 10.5 Å². The highest BCUT2D eigenvalue weighted by molar-refractivity contribution is 9.10. The summed E-state index contributed by atoms with van der Waals surface area (Å²) in [5.74, 6) is 0. The van der Waals surface area contributed by atoms with E-state index in [2.05, 4.69) is 20.7 Å². The van der Waals surface area contributed by atoms with Crippen LogP contribution in [0.5, 0.6) is 0 Å². The minimum atomic E-state index is -3.52. The smallest absolute Gasteiger partial charge is 0.240 e. The maximum absolute atomic E-state index is 12.2. The van der Waals surface area contributed by atoms with Crippen molar-refractivity contribution in [1.82, 2.24) is 4.72 Å². The maximum Gasteiger partial charge on any atom is 0.240 e. The molecule has 0 aliphatic heterocycles. The van der Waals surface area contributed by atoms with Gasteiger partial charge in [0.05, 0.1) is 4.90 Å². The summed E-state index contributed by atoms with van der Waals surface area (Å²) in [6.45, 7) is 2.37. The quantitative estimate of drug-likeness (QED) is 0.796. The van der Waals surface area contributed by atoms with E-state index in [0.717, 1.165) is 11.1 Å². The lowest BCUT2D eigenvalue weighted by molar-refractivity contribution is 0.581. The van der Waals surface area contributed by atoms with Crippen molar-refractivity contribution in [3.05, 3.63) is 58.1 Å². The van der Waals surface area contributed by atoms with Crippen molar-refractivity contribution in [1.29, 1.82) is 0 Å². The topological polar surface area (TPSA) is 72.2 Å². The maximum atomic E-state index is 12.2. The van der Waals surface area contributed by atoms with Crippen LogP contribution >= 0.6 is 15.9 Å². The second kappa shape index (κ2) is 6.60. The highest BCUT2D eigenvalue weighted by Gasteiger charge is 2.14. The molecule has 0 saturated heterocycles. The van der Waals surface area contributed by atoms with Crippen LogP contribution in [0, 0.1) is 6.92 Å². The SMILES string of the molecule is Cc1ccccc1CCNS(=O)(=O)c1ccc(N)c(Br)c1. The summed E-state index contributed by atoms with van der Waals surface area (Å²) in [6.07, 6.45) is 0.655. The number of halogens is 1. The lowest BCUT2D eigenvalue weighted by atomic mass is 10.1. The molecule has 0 amide bonds. The van der Waals surface area contributed by atoms with Crippen molar-refractivity contribution in [2.45, 2.75) is 18.2 Å². The predicted octanol–water partition coefficient (Wildman–Crippen LogP) is 2.86. The molecule has 0 bridgehead atoms. The monoisotopic (exact) mass is 368 g/mol. The molecule has 112 valence electrons. The van der Waals surface area contributed by atoms with Crippen LogP contribution in [0.25, 0.3) is 0 Å². The van der Waals surface area contributed by atoms with Crippen molar-refractivity contribution in [2.75, 3.05) is 12.3 Å². The number of nitrogen functional groups attached to an aromatic ring is 1. The Kier molecular flexibility index (Phi) is 5.03. The predicted molar refractivity (Wildman–Crippen MR) is 88.6 cm³/mol. The average Bonchev–Trinajstić information content (AvgIpc) is 2.44. The number of aryl methyl sites for hydroxylation is 1. The van der Waals surface area contributed by atoms with Gasteiger partial charge in [0, 0.05) is 16.7 Å². The Morgan fingerprint density at radius 1 is 1.19 bits per heavy atom. The molecule has 0 saturated carbocycles. The molecule has 0 aliphatic rings. The van der Waals surface area contributed by atoms with Crippen molar-refractivity contribution < 1.29 is 8.42 Å². The Bertz CT molecular complexity index is 745. The number of nitrogens with one attached hydrogen (secondary N) is 1. The van der Waals surface area contributed by atoms with E-state index in [1.807, 2.05) is 31.2 Å². The molecule has 0 unspecified atom stereocenters. The molecule has 0 spiro atoms. The van der Waals surface area contributed by atoms with Gasteiger partial charge in [0.25, 0.3) is 0 Å². The molecule has 0 aliphatic carbocycles. The fraction of sp³-hybridized carbons (Fsp3) is 0.200. The van der Waals surface area contributed by atoms with Crippen molar-refractivity contribution >= 4 is 31.6 Å². The molecule has 21 heavy (non-hydrogen) atoms. The zero-order chi connectivity index (χ0) is 15.5. The third kappa shape index (κ3) is 4.06. The van der Waals surface area contributed by atoms with E-state index in [1.54, 1.807) is 6.07 Å². The zero-order valence-corrected chi connectivity index (χ0v) is 14.0. The Morgan fingerprint density at radius 3 is 2.57 bits per heavy atom. The van der Waals surface area contributed by atoms with Crippen molar-refractivity contribution in [2.24, 2.45) is 0 Å². The second-order valence-electron chi connectivity index (χ2n) is 4.76. The zero-order valence-electron chi connectivity index (χ0n) is 11.6. The summed E-state index contributed by atoms with van der Waals surface area (Å²) in [5, 5.41) is 0. The number of nitrogens with two attached hydrogens (primary N) is 1. The molecule has 0 heterocycles. The van der Waals surface area contributed by atoms with Gasteiger partial charge in [-0.2, -0.15) is 0 Å². The van der Waals surface area contributed by atoms with Gasteiger partial charge in [-0.3, -0.25) is 0 Å². The van der Waals surface area contributed by atoms with Crippen molar-refractivity contribution in [3.63, 3.8) is 0 Å². The Hall–Kier alpha value is -1.37. The van der Waals surface area contributed by atoms with E-state index in [4.69, 9.17) is 5.73 Å². The lowest BCUT2D eigenvalue weighted by Gasteiger charge is -2.09. The molecular formula is C15H17BrN2O2S. The average molecular weight is 369 g/mol. The fourth-order valence-corrected chi connectivity index (χ4v) is 3.56. The van der Waals surface area contributed by atoms with Crippen LogP contribution in [0.4, 0.5) is 5.69 Å². The summed E-state index contributed by atoms with van der Waals surface area (Å²) >= 11 is 3.24. The van der Waals surface area contributed by atoms with E-state index >= 15 is 0 Å².